The zero-order chi connectivity index (χ0) is 13.0. The number of rotatable bonds is 4. The molecule has 0 aromatic carbocycles. The molecule has 0 saturated carbocycles. The van der Waals surface area contributed by atoms with Gasteiger partial charge in [0.25, 0.3) is 11.8 Å². The van der Waals surface area contributed by atoms with Crippen molar-refractivity contribution in [3.05, 3.63) is 29.6 Å². The van der Waals surface area contributed by atoms with Gasteiger partial charge in [-0.2, -0.15) is 0 Å². The molecule has 1 aliphatic heterocycles. The molecule has 0 radical (unpaired) electrons. The summed E-state index contributed by atoms with van der Waals surface area (Å²) in [6.45, 7) is 1.23. The van der Waals surface area contributed by atoms with E-state index in [9.17, 15) is 9.59 Å². The molecule has 1 aromatic heterocycles. The van der Waals surface area contributed by atoms with Gasteiger partial charge in [-0.05, 0) is 25.0 Å². The third-order valence-electron chi connectivity index (χ3n) is 2.79. The highest BCUT2D eigenvalue weighted by Gasteiger charge is 2.17. The number of carbonyl (C=O) groups is 2. The molecular weight excluding hydrogens is 234 g/mol. The first-order valence-electron chi connectivity index (χ1n) is 5.82. The lowest BCUT2D eigenvalue weighted by atomic mass is 10.2. The average Bonchev–Trinajstić information content (AvgIpc) is 2.89. The molecule has 1 unspecified atom stereocenters. The van der Waals surface area contributed by atoms with E-state index >= 15 is 0 Å². The molecule has 1 atom stereocenters. The molecule has 18 heavy (non-hydrogen) atoms. The Morgan fingerprint density at radius 2 is 2.39 bits per heavy atom. The normalized spacial score (nSPS) is 18.6. The van der Waals surface area contributed by atoms with Crippen molar-refractivity contribution in [1.82, 2.24) is 10.3 Å². The Balaban J connectivity index is 1.95. The second kappa shape index (κ2) is 5.59. The van der Waals surface area contributed by atoms with E-state index in [1.165, 1.54) is 18.3 Å². The third kappa shape index (κ3) is 3.04. The summed E-state index contributed by atoms with van der Waals surface area (Å²) in [6.07, 6.45) is 3.47. The predicted molar refractivity (Wildman–Crippen MR) is 64.1 cm³/mol. The van der Waals surface area contributed by atoms with Gasteiger partial charge in [0.15, 0.2) is 0 Å². The van der Waals surface area contributed by atoms with Crippen LogP contribution in [-0.4, -0.2) is 36.1 Å². The Hall–Kier alpha value is -1.95. The fourth-order valence-electron chi connectivity index (χ4n) is 1.82. The van der Waals surface area contributed by atoms with Crippen LogP contribution in [0.3, 0.4) is 0 Å². The van der Waals surface area contributed by atoms with E-state index in [0.29, 0.717) is 12.1 Å². The maximum absolute atomic E-state index is 11.8. The van der Waals surface area contributed by atoms with Crippen LogP contribution in [0, 0.1) is 0 Å². The van der Waals surface area contributed by atoms with Crippen LogP contribution in [0.5, 0.6) is 0 Å². The number of aromatic nitrogens is 1. The first-order valence-corrected chi connectivity index (χ1v) is 5.82. The van der Waals surface area contributed by atoms with Crippen LogP contribution in [-0.2, 0) is 4.74 Å². The van der Waals surface area contributed by atoms with Gasteiger partial charge in [0, 0.05) is 24.9 Å². The Morgan fingerprint density at radius 1 is 1.56 bits per heavy atom. The third-order valence-corrected chi connectivity index (χ3v) is 2.79. The summed E-state index contributed by atoms with van der Waals surface area (Å²) in [7, 11) is 0. The fourth-order valence-corrected chi connectivity index (χ4v) is 1.82. The zero-order valence-corrected chi connectivity index (χ0v) is 9.89. The smallest absolute Gasteiger partial charge is 0.267 e. The first-order chi connectivity index (χ1) is 8.66. The highest BCUT2D eigenvalue weighted by Crippen LogP contribution is 2.11. The molecule has 2 amide bonds. The second-order valence-electron chi connectivity index (χ2n) is 4.14. The fraction of sp³-hybridized carbons (Fsp3) is 0.417. The largest absolute Gasteiger partial charge is 0.376 e. The summed E-state index contributed by atoms with van der Waals surface area (Å²) in [5, 5.41) is 2.76. The van der Waals surface area contributed by atoms with Gasteiger partial charge >= 0.3 is 0 Å². The van der Waals surface area contributed by atoms with Crippen molar-refractivity contribution < 1.29 is 14.3 Å². The van der Waals surface area contributed by atoms with Crippen LogP contribution in [0.25, 0.3) is 0 Å². The number of ether oxygens (including phenoxy) is 1. The van der Waals surface area contributed by atoms with Gasteiger partial charge in [-0.3, -0.25) is 14.6 Å². The first kappa shape index (κ1) is 12.5. The van der Waals surface area contributed by atoms with E-state index < -0.39 is 5.91 Å². The molecule has 2 rings (SSSR count). The number of primary amides is 1. The van der Waals surface area contributed by atoms with Crippen molar-refractivity contribution in [3.8, 4) is 0 Å². The molecule has 6 nitrogen and oxygen atoms in total. The number of amides is 2. The van der Waals surface area contributed by atoms with Gasteiger partial charge in [0.2, 0.25) is 0 Å². The summed E-state index contributed by atoms with van der Waals surface area (Å²) in [4.78, 5) is 26.6. The summed E-state index contributed by atoms with van der Waals surface area (Å²) in [5.41, 5.74) is 5.56. The zero-order valence-electron chi connectivity index (χ0n) is 9.89. The van der Waals surface area contributed by atoms with Gasteiger partial charge in [0.05, 0.1) is 6.10 Å². The molecule has 6 heteroatoms. The van der Waals surface area contributed by atoms with Crippen LogP contribution >= 0.6 is 0 Å². The van der Waals surface area contributed by atoms with E-state index in [2.05, 4.69) is 10.3 Å². The monoisotopic (exact) mass is 249 g/mol. The minimum absolute atomic E-state index is 0.0831. The van der Waals surface area contributed by atoms with Gasteiger partial charge in [-0.15, -0.1) is 0 Å². The summed E-state index contributed by atoms with van der Waals surface area (Å²) in [5.74, 6) is -0.904. The number of carbonyl (C=O) groups excluding carboxylic acids is 2. The number of nitrogens with two attached hydrogens (primary N) is 1. The van der Waals surface area contributed by atoms with Crippen LogP contribution < -0.4 is 11.1 Å². The maximum Gasteiger partial charge on any atom is 0.267 e. The van der Waals surface area contributed by atoms with Crippen molar-refractivity contribution in [2.45, 2.75) is 18.9 Å². The van der Waals surface area contributed by atoms with Gasteiger partial charge < -0.3 is 15.8 Å². The van der Waals surface area contributed by atoms with E-state index in [4.69, 9.17) is 10.5 Å². The number of hydrogen-bond donors (Lipinski definition) is 2. The minimum atomic E-state index is -0.649. The van der Waals surface area contributed by atoms with E-state index in [1.807, 2.05) is 0 Å². The van der Waals surface area contributed by atoms with E-state index in [0.717, 1.165) is 19.4 Å². The standard InChI is InChI=1S/C12H15N3O3/c13-11(16)10-6-8(3-4-14-10)12(17)15-7-9-2-1-5-18-9/h3-4,6,9H,1-2,5,7H2,(H2,13,16)(H,15,17). The van der Waals surface area contributed by atoms with Crippen molar-refractivity contribution >= 4 is 11.8 Å². The van der Waals surface area contributed by atoms with Crippen molar-refractivity contribution in [2.75, 3.05) is 13.2 Å². The highest BCUT2D eigenvalue weighted by atomic mass is 16.5. The van der Waals surface area contributed by atoms with Crippen LogP contribution in [0.4, 0.5) is 0 Å². The average molecular weight is 249 g/mol. The quantitative estimate of drug-likeness (QED) is 0.790. The Labute approximate surface area is 105 Å². The molecule has 96 valence electrons. The lowest BCUT2D eigenvalue weighted by Gasteiger charge is -2.10. The Kier molecular flexibility index (Phi) is 3.88. The summed E-state index contributed by atoms with van der Waals surface area (Å²) in [6, 6.07) is 2.92. The van der Waals surface area contributed by atoms with Crippen molar-refractivity contribution in [2.24, 2.45) is 5.73 Å². The SMILES string of the molecule is NC(=O)c1cc(C(=O)NCC2CCCO2)ccn1. The van der Waals surface area contributed by atoms with Crippen LogP contribution in [0.2, 0.25) is 0 Å². The molecular formula is C12H15N3O3. The number of nitrogens with zero attached hydrogens (tertiary/aromatic N) is 1. The minimum Gasteiger partial charge on any atom is -0.376 e. The van der Waals surface area contributed by atoms with Crippen LogP contribution in [0.15, 0.2) is 18.3 Å². The lowest BCUT2D eigenvalue weighted by Crippen LogP contribution is -2.32. The Morgan fingerprint density at radius 3 is 3.06 bits per heavy atom. The number of hydrogen-bond acceptors (Lipinski definition) is 4. The van der Waals surface area contributed by atoms with Crippen LogP contribution in [0.1, 0.15) is 33.7 Å². The van der Waals surface area contributed by atoms with E-state index in [-0.39, 0.29) is 17.7 Å². The molecule has 1 aliphatic rings. The number of nitrogens with one attached hydrogen (secondary N) is 1. The Bertz CT molecular complexity index is 456. The molecule has 1 saturated heterocycles. The molecule has 3 N–H and O–H groups in total. The van der Waals surface area contributed by atoms with Gasteiger partial charge in [-0.25, -0.2) is 0 Å². The summed E-state index contributed by atoms with van der Waals surface area (Å²) < 4.78 is 5.40. The molecule has 1 aromatic rings. The molecule has 0 aliphatic carbocycles. The summed E-state index contributed by atoms with van der Waals surface area (Å²) >= 11 is 0. The number of pyridine rings is 1. The van der Waals surface area contributed by atoms with Gasteiger partial charge in [-0.1, -0.05) is 0 Å². The molecule has 2 heterocycles. The second-order valence-corrected chi connectivity index (χ2v) is 4.14. The molecule has 1 fully saturated rings. The lowest BCUT2D eigenvalue weighted by molar-refractivity contribution is 0.0857. The maximum atomic E-state index is 11.8. The molecule has 0 bridgehead atoms. The molecule has 0 spiro atoms. The highest BCUT2D eigenvalue weighted by molar-refractivity contribution is 5.97. The topological polar surface area (TPSA) is 94.3 Å². The predicted octanol–water partition coefficient (Wildman–Crippen LogP) is 0.0893. The van der Waals surface area contributed by atoms with E-state index in [1.54, 1.807) is 0 Å². The van der Waals surface area contributed by atoms with Crippen molar-refractivity contribution in [3.63, 3.8) is 0 Å². The van der Waals surface area contributed by atoms with Crippen molar-refractivity contribution in [1.29, 1.82) is 0 Å². The van der Waals surface area contributed by atoms with Gasteiger partial charge in [0.1, 0.15) is 5.69 Å².